The van der Waals surface area contributed by atoms with Gasteiger partial charge in [0, 0.05) is 12.6 Å². The molecule has 4 N–H and O–H groups in total. The number of carbonyl (C=O) groups is 1. The molecule has 0 saturated heterocycles. The number of hydrogen-bond acceptors (Lipinski definition) is 4. The number of carbonyl (C=O) groups excluding carboxylic acids is 1. The van der Waals surface area contributed by atoms with Gasteiger partial charge in [-0.05, 0) is 32.0 Å². The molecule has 0 heterocycles. The Hall–Kier alpha value is -1.80. The third kappa shape index (κ3) is 4.91. The molecule has 0 aromatic heterocycles. The first-order chi connectivity index (χ1) is 9.79. The van der Waals surface area contributed by atoms with Gasteiger partial charge < -0.3 is 15.5 Å². The van der Waals surface area contributed by atoms with Crippen molar-refractivity contribution in [3.63, 3.8) is 0 Å². The number of nitrogens with one attached hydrogen (secondary N) is 2. The topological polar surface area (TPSA) is 76.4 Å². The smallest absolute Gasteiger partial charge is 0.380 e. The van der Waals surface area contributed by atoms with Gasteiger partial charge in [0.2, 0.25) is 0 Å². The van der Waals surface area contributed by atoms with Gasteiger partial charge in [-0.1, -0.05) is 0 Å². The van der Waals surface area contributed by atoms with Crippen molar-refractivity contribution >= 4 is 11.6 Å². The Morgan fingerprint density at radius 1 is 1.43 bits per heavy atom. The number of amides is 1. The summed E-state index contributed by atoms with van der Waals surface area (Å²) in [5.74, 6) is 4.57. The summed E-state index contributed by atoms with van der Waals surface area (Å²) >= 11 is 0. The van der Waals surface area contributed by atoms with Crippen molar-refractivity contribution in [3.05, 3.63) is 29.3 Å². The van der Waals surface area contributed by atoms with Crippen LogP contribution in [0.25, 0.3) is 0 Å². The van der Waals surface area contributed by atoms with Crippen molar-refractivity contribution in [2.24, 2.45) is 5.84 Å². The van der Waals surface area contributed by atoms with E-state index in [1.54, 1.807) is 13.8 Å². The molecule has 5 nitrogen and oxygen atoms in total. The molecule has 1 rings (SSSR count). The maximum atomic E-state index is 12.7. The van der Waals surface area contributed by atoms with Gasteiger partial charge >= 0.3 is 6.18 Å². The minimum Gasteiger partial charge on any atom is -0.380 e. The van der Waals surface area contributed by atoms with Crippen molar-refractivity contribution in [1.82, 2.24) is 5.32 Å². The molecule has 0 radical (unpaired) electrons. The molecule has 1 aromatic rings. The van der Waals surface area contributed by atoms with Crippen LogP contribution in [-0.4, -0.2) is 25.2 Å². The molecule has 1 aromatic carbocycles. The Labute approximate surface area is 120 Å². The average molecular weight is 305 g/mol. The van der Waals surface area contributed by atoms with Crippen molar-refractivity contribution in [3.8, 4) is 0 Å². The molecule has 1 atom stereocenters. The second-order valence-electron chi connectivity index (χ2n) is 4.44. The number of anilines is 1. The van der Waals surface area contributed by atoms with Gasteiger partial charge in [-0.2, -0.15) is 13.2 Å². The number of nitrogen functional groups attached to an aromatic ring is 1. The van der Waals surface area contributed by atoms with E-state index in [1.807, 2.05) is 0 Å². The quantitative estimate of drug-likeness (QED) is 0.556. The number of hydrazine groups is 1. The minimum absolute atomic E-state index is 0.115. The fourth-order valence-electron chi connectivity index (χ4n) is 1.67. The predicted octanol–water partition coefficient (Wildman–Crippen LogP) is 2.15. The molecule has 1 unspecified atom stereocenters. The van der Waals surface area contributed by atoms with Crippen LogP contribution in [0.3, 0.4) is 0 Å². The zero-order chi connectivity index (χ0) is 16.0. The highest BCUT2D eigenvalue weighted by molar-refractivity contribution is 5.99. The zero-order valence-corrected chi connectivity index (χ0v) is 11.8. The van der Waals surface area contributed by atoms with Crippen molar-refractivity contribution in [2.45, 2.75) is 26.1 Å². The maximum absolute atomic E-state index is 12.7. The summed E-state index contributed by atoms with van der Waals surface area (Å²) in [6, 6.07) is 2.40. The molecule has 0 aliphatic carbocycles. The highest BCUT2D eigenvalue weighted by Gasteiger charge is 2.31. The minimum atomic E-state index is -4.53. The molecule has 0 bridgehead atoms. The number of halogens is 3. The summed E-state index contributed by atoms with van der Waals surface area (Å²) in [4.78, 5) is 12.0. The van der Waals surface area contributed by atoms with E-state index in [4.69, 9.17) is 10.6 Å². The van der Waals surface area contributed by atoms with E-state index >= 15 is 0 Å². The van der Waals surface area contributed by atoms with E-state index in [0.717, 1.165) is 18.2 Å². The number of nitrogens with two attached hydrogens (primary N) is 1. The Morgan fingerprint density at radius 3 is 2.62 bits per heavy atom. The molecule has 0 spiro atoms. The monoisotopic (exact) mass is 305 g/mol. The van der Waals surface area contributed by atoms with Crippen LogP contribution in [0.15, 0.2) is 18.2 Å². The second-order valence-corrected chi connectivity index (χ2v) is 4.44. The Balaban J connectivity index is 2.96. The number of benzene rings is 1. The molecule has 118 valence electrons. The summed E-state index contributed by atoms with van der Waals surface area (Å²) in [5.41, 5.74) is 1.24. The largest absolute Gasteiger partial charge is 0.416 e. The lowest BCUT2D eigenvalue weighted by molar-refractivity contribution is -0.137. The average Bonchev–Trinajstić information content (AvgIpc) is 2.43. The molecule has 0 aliphatic rings. The molecule has 8 heteroatoms. The van der Waals surface area contributed by atoms with E-state index in [1.165, 1.54) is 0 Å². The fraction of sp³-hybridized carbons (Fsp3) is 0.462. The first-order valence-electron chi connectivity index (χ1n) is 6.36. The number of hydrogen-bond donors (Lipinski definition) is 3. The summed E-state index contributed by atoms with van der Waals surface area (Å²) in [6.45, 7) is 4.25. The van der Waals surface area contributed by atoms with E-state index in [2.05, 4.69) is 10.7 Å². The van der Waals surface area contributed by atoms with E-state index in [-0.39, 0.29) is 23.9 Å². The van der Waals surface area contributed by atoms with Gasteiger partial charge in [-0.3, -0.25) is 10.6 Å². The molecular formula is C13H18F3N3O2. The lowest BCUT2D eigenvalue weighted by Crippen LogP contribution is -2.36. The van der Waals surface area contributed by atoms with Gasteiger partial charge in [0.1, 0.15) is 0 Å². The van der Waals surface area contributed by atoms with Crippen LogP contribution in [-0.2, 0) is 10.9 Å². The van der Waals surface area contributed by atoms with E-state index in [0.29, 0.717) is 6.61 Å². The second kappa shape index (κ2) is 7.28. The van der Waals surface area contributed by atoms with Crippen LogP contribution in [0.4, 0.5) is 18.9 Å². The number of alkyl halides is 3. The molecule has 1 amide bonds. The van der Waals surface area contributed by atoms with E-state index in [9.17, 15) is 18.0 Å². The first kappa shape index (κ1) is 17.3. The lowest BCUT2D eigenvalue weighted by atomic mass is 10.1. The van der Waals surface area contributed by atoms with E-state index < -0.39 is 17.6 Å². The Bertz CT molecular complexity index is 492. The summed E-state index contributed by atoms with van der Waals surface area (Å²) in [7, 11) is 0. The van der Waals surface area contributed by atoms with Crippen molar-refractivity contribution < 1.29 is 22.7 Å². The van der Waals surface area contributed by atoms with Crippen molar-refractivity contribution in [2.75, 3.05) is 18.6 Å². The van der Waals surface area contributed by atoms with Crippen LogP contribution < -0.4 is 16.6 Å². The maximum Gasteiger partial charge on any atom is 0.416 e. The van der Waals surface area contributed by atoms with Crippen molar-refractivity contribution in [1.29, 1.82) is 0 Å². The van der Waals surface area contributed by atoms with Gasteiger partial charge in [-0.25, -0.2) is 0 Å². The number of ether oxygens (including phenoxy) is 1. The van der Waals surface area contributed by atoms with Crippen LogP contribution >= 0.6 is 0 Å². The third-order valence-corrected chi connectivity index (χ3v) is 2.70. The van der Waals surface area contributed by atoms with Gasteiger partial charge in [0.25, 0.3) is 5.91 Å². The Morgan fingerprint density at radius 2 is 2.10 bits per heavy atom. The summed E-state index contributed by atoms with van der Waals surface area (Å²) in [5, 5.41) is 2.56. The van der Waals surface area contributed by atoms with Crippen LogP contribution in [0.5, 0.6) is 0 Å². The summed E-state index contributed by atoms with van der Waals surface area (Å²) < 4.78 is 43.2. The van der Waals surface area contributed by atoms with Gasteiger partial charge in [0.05, 0.1) is 23.4 Å². The molecule has 21 heavy (non-hydrogen) atoms. The van der Waals surface area contributed by atoms with Gasteiger partial charge in [-0.15, -0.1) is 0 Å². The van der Waals surface area contributed by atoms with Crippen LogP contribution in [0.1, 0.15) is 29.8 Å². The normalized spacial score (nSPS) is 12.9. The Kier molecular flexibility index (Phi) is 5.98. The highest BCUT2D eigenvalue weighted by Crippen LogP contribution is 2.31. The molecule has 0 fully saturated rings. The highest BCUT2D eigenvalue weighted by atomic mass is 19.4. The van der Waals surface area contributed by atoms with Gasteiger partial charge in [0.15, 0.2) is 0 Å². The standard InChI is InChI=1S/C13H18F3N3O2/c1-3-21-7-8(2)18-12(20)10-6-9(13(14,15)16)4-5-11(10)19-17/h4-6,8,19H,3,7,17H2,1-2H3,(H,18,20). The lowest BCUT2D eigenvalue weighted by Gasteiger charge is -2.16. The summed E-state index contributed by atoms with van der Waals surface area (Å²) in [6.07, 6.45) is -4.53. The molecule has 0 saturated carbocycles. The van der Waals surface area contributed by atoms with Crippen LogP contribution in [0, 0.1) is 0 Å². The zero-order valence-electron chi connectivity index (χ0n) is 11.8. The van der Waals surface area contributed by atoms with Crippen LogP contribution in [0.2, 0.25) is 0 Å². The molecular weight excluding hydrogens is 287 g/mol. The SMILES string of the molecule is CCOCC(C)NC(=O)c1cc(C(F)(F)F)ccc1NN. The third-order valence-electron chi connectivity index (χ3n) is 2.70. The first-order valence-corrected chi connectivity index (χ1v) is 6.36. The fourth-order valence-corrected chi connectivity index (χ4v) is 1.67. The number of rotatable bonds is 6. The predicted molar refractivity (Wildman–Crippen MR) is 72.7 cm³/mol. The molecule has 0 aliphatic heterocycles.